The molecule has 4 fully saturated rings. The third kappa shape index (κ3) is 2.29. The number of hydrogen-bond acceptors (Lipinski definition) is 2. The number of carbonyl (C=O) groups is 1. The van der Waals surface area contributed by atoms with Crippen molar-refractivity contribution < 1.29 is 4.79 Å². The van der Waals surface area contributed by atoms with Crippen LogP contribution >= 0.6 is 0 Å². The summed E-state index contributed by atoms with van der Waals surface area (Å²) in [4.78, 5) is 11.5. The second-order valence-electron chi connectivity index (χ2n) is 7.25. The number of nitrogens with two attached hydrogens (primary N) is 1. The first-order valence-corrected chi connectivity index (χ1v) is 7.60. The zero-order valence-electron chi connectivity index (χ0n) is 11.5. The number of hydrogen-bond donors (Lipinski definition) is 2. The highest BCUT2D eigenvalue weighted by atomic mass is 16.2. The predicted molar refractivity (Wildman–Crippen MR) is 71.9 cm³/mol. The van der Waals surface area contributed by atoms with Crippen LogP contribution in [-0.2, 0) is 4.79 Å². The molecule has 18 heavy (non-hydrogen) atoms. The van der Waals surface area contributed by atoms with Gasteiger partial charge in [-0.05, 0) is 75.0 Å². The third-order valence-corrected chi connectivity index (χ3v) is 5.53. The van der Waals surface area contributed by atoms with Gasteiger partial charge in [0.05, 0.1) is 6.04 Å². The van der Waals surface area contributed by atoms with E-state index in [4.69, 9.17) is 5.73 Å². The van der Waals surface area contributed by atoms with E-state index in [1.54, 1.807) is 6.92 Å². The van der Waals surface area contributed by atoms with Crippen molar-refractivity contribution in [3.8, 4) is 0 Å². The fraction of sp³-hybridized carbons (Fsp3) is 0.933. The number of amides is 1. The Morgan fingerprint density at radius 1 is 1.22 bits per heavy atom. The molecular weight excluding hydrogens is 224 g/mol. The highest BCUT2D eigenvalue weighted by molar-refractivity contribution is 5.80. The highest BCUT2D eigenvalue weighted by Gasteiger charge is 2.50. The second-order valence-corrected chi connectivity index (χ2v) is 7.25. The Bertz CT molecular complexity index is 302. The molecule has 4 aliphatic carbocycles. The van der Waals surface area contributed by atoms with Gasteiger partial charge in [0.2, 0.25) is 5.91 Å². The first kappa shape index (κ1) is 12.5. The van der Waals surface area contributed by atoms with Crippen LogP contribution in [0.2, 0.25) is 0 Å². The summed E-state index contributed by atoms with van der Waals surface area (Å²) < 4.78 is 0. The second kappa shape index (κ2) is 4.52. The molecule has 102 valence electrons. The summed E-state index contributed by atoms with van der Waals surface area (Å²) in [5.41, 5.74) is 6.14. The summed E-state index contributed by atoms with van der Waals surface area (Å²) in [7, 11) is 0. The van der Waals surface area contributed by atoms with Crippen LogP contribution in [0, 0.1) is 23.2 Å². The molecule has 0 aromatic rings. The van der Waals surface area contributed by atoms with Crippen molar-refractivity contribution in [1.82, 2.24) is 5.32 Å². The van der Waals surface area contributed by atoms with Gasteiger partial charge in [-0.2, -0.15) is 0 Å². The van der Waals surface area contributed by atoms with Gasteiger partial charge in [-0.3, -0.25) is 4.79 Å². The normalized spacial score (nSPS) is 42.9. The Balaban J connectivity index is 1.54. The van der Waals surface area contributed by atoms with Crippen molar-refractivity contribution in [2.45, 2.75) is 57.9 Å². The molecule has 4 rings (SSSR count). The Morgan fingerprint density at radius 3 is 2.17 bits per heavy atom. The average molecular weight is 250 g/mol. The van der Waals surface area contributed by atoms with E-state index < -0.39 is 0 Å². The minimum Gasteiger partial charge on any atom is -0.355 e. The van der Waals surface area contributed by atoms with Crippen molar-refractivity contribution in [1.29, 1.82) is 0 Å². The summed E-state index contributed by atoms with van der Waals surface area (Å²) in [6, 6.07) is -0.374. The Morgan fingerprint density at radius 2 is 1.72 bits per heavy atom. The fourth-order valence-corrected chi connectivity index (χ4v) is 5.21. The molecule has 3 N–H and O–H groups in total. The maximum absolute atomic E-state index is 11.5. The van der Waals surface area contributed by atoms with Crippen LogP contribution in [0.3, 0.4) is 0 Å². The molecule has 0 radical (unpaired) electrons. The monoisotopic (exact) mass is 250 g/mol. The molecule has 4 aliphatic rings. The zero-order valence-corrected chi connectivity index (χ0v) is 11.5. The van der Waals surface area contributed by atoms with Gasteiger partial charge < -0.3 is 11.1 Å². The Hall–Kier alpha value is -0.570. The van der Waals surface area contributed by atoms with Crippen molar-refractivity contribution in [3.63, 3.8) is 0 Å². The number of nitrogens with one attached hydrogen (secondary N) is 1. The molecule has 0 saturated heterocycles. The molecule has 4 bridgehead atoms. The van der Waals surface area contributed by atoms with Crippen molar-refractivity contribution in [2.24, 2.45) is 28.9 Å². The smallest absolute Gasteiger partial charge is 0.236 e. The summed E-state index contributed by atoms with van der Waals surface area (Å²) in [5, 5.41) is 2.99. The SMILES string of the molecule is CC(N)C(=O)NCCC12CC3CC(CC(C3)C1)C2. The van der Waals surface area contributed by atoms with E-state index in [0.29, 0.717) is 5.41 Å². The van der Waals surface area contributed by atoms with Gasteiger partial charge in [-0.15, -0.1) is 0 Å². The molecule has 0 aliphatic heterocycles. The van der Waals surface area contributed by atoms with Crippen LogP contribution in [0.1, 0.15) is 51.9 Å². The first-order valence-electron chi connectivity index (χ1n) is 7.60. The Kier molecular flexibility index (Phi) is 3.13. The highest BCUT2D eigenvalue weighted by Crippen LogP contribution is 2.61. The molecule has 0 aromatic carbocycles. The van der Waals surface area contributed by atoms with E-state index in [1.165, 1.54) is 44.9 Å². The quantitative estimate of drug-likeness (QED) is 0.802. The summed E-state index contributed by atoms with van der Waals surface area (Å²) >= 11 is 0. The Labute approximate surface area is 110 Å². The minimum absolute atomic E-state index is 0.000252. The summed E-state index contributed by atoms with van der Waals surface area (Å²) in [5.74, 6) is 3.00. The third-order valence-electron chi connectivity index (χ3n) is 5.53. The van der Waals surface area contributed by atoms with Crippen LogP contribution in [0.15, 0.2) is 0 Å². The maximum Gasteiger partial charge on any atom is 0.236 e. The first-order chi connectivity index (χ1) is 8.56. The van der Waals surface area contributed by atoms with Crippen molar-refractivity contribution in [2.75, 3.05) is 6.54 Å². The van der Waals surface area contributed by atoms with E-state index in [1.807, 2.05) is 0 Å². The fourth-order valence-electron chi connectivity index (χ4n) is 5.21. The van der Waals surface area contributed by atoms with Crippen LogP contribution in [-0.4, -0.2) is 18.5 Å². The van der Waals surface area contributed by atoms with E-state index >= 15 is 0 Å². The van der Waals surface area contributed by atoms with Gasteiger partial charge in [0.25, 0.3) is 0 Å². The van der Waals surface area contributed by atoms with Gasteiger partial charge in [0.1, 0.15) is 0 Å². The number of carbonyl (C=O) groups excluding carboxylic acids is 1. The minimum atomic E-state index is -0.374. The van der Waals surface area contributed by atoms with Gasteiger partial charge >= 0.3 is 0 Å². The lowest BCUT2D eigenvalue weighted by Crippen LogP contribution is -2.48. The lowest BCUT2D eigenvalue weighted by molar-refractivity contribution is -0.122. The topological polar surface area (TPSA) is 55.1 Å². The molecule has 0 heterocycles. The average Bonchev–Trinajstić information content (AvgIpc) is 2.26. The molecule has 1 amide bonds. The molecule has 1 atom stereocenters. The summed E-state index contributed by atoms with van der Waals surface area (Å²) in [6.07, 6.45) is 9.92. The molecule has 0 spiro atoms. The summed E-state index contributed by atoms with van der Waals surface area (Å²) in [6.45, 7) is 2.58. The molecular formula is C15H26N2O. The molecule has 1 unspecified atom stereocenters. The maximum atomic E-state index is 11.5. The molecule has 4 saturated carbocycles. The van der Waals surface area contributed by atoms with Gasteiger partial charge in [-0.25, -0.2) is 0 Å². The van der Waals surface area contributed by atoms with E-state index in [-0.39, 0.29) is 11.9 Å². The predicted octanol–water partition coefficient (Wildman–Crippen LogP) is 2.06. The lowest BCUT2D eigenvalue weighted by Gasteiger charge is -2.57. The standard InChI is InChI=1S/C15H26N2O/c1-10(16)14(18)17-3-2-15-7-11-4-12(8-15)6-13(5-11)9-15/h10-13H,2-9,16H2,1H3,(H,17,18). The van der Waals surface area contributed by atoms with Gasteiger partial charge in [0.15, 0.2) is 0 Å². The van der Waals surface area contributed by atoms with Crippen LogP contribution in [0.4, 0.5) is 0 Å². The largest absolute Gasteiger partial charge is 0.355 e. The van der Waals surface area contributed by atoms with Gasteiger partial charge in [-0.1, -0.05) is 0 Å². The van der Waals surface area contributed by atoms with E-state index in [9.17, 15) is 4.79 Å². The van der Waals surface area contributed by atoms with Crippen LogP contribution in [0.5, 0.6) is 0 Å². The molecule has 0 aromatic heterocycles. The van der Waals surface area contributed by atoms with E-state index in [0.717, 1.165) is 24.3 Å². The van der Waals surface area contributed by atoms with Crippen LogP contribution < -0.4 is 11.1 Å². The van der Waals surface area contributed by atoms with Crippen molar-refractivity contribution in [3.05, 3.63) is 0 Å². The number of rotatable bonds is 4. The molecule has 3 heteroatoms. The van der Waals surface area contributed by atoms with Gasteiger partial charge in [0, 0.05) is 6.54 Å². The zero-order chi connectivity index (χ0) is 12.8. The lowest BCUT2D eigenvalue weighted by atomic mass is 9.49. The van der Waals surface area contributed by atoms with Crippen LogP contribution in [0.25, 0.3) is 0 Å². The molecule has 3 nitrogen and oxygen atoms in total. The van der Waals surface area contributed by atoms with Crippen molar-refractivity contribution >= 4 is 5.91 Å². The van der Waals surface area contributed by atoms with E-state index in [2.05, 4.69) is 5.32 Å².